The van der Waals surface area contributed by atoms with E-state index in [1.165, 1.54) is 11.4 Å². The molecule has 0 atom stereocenters. The van der Waals surface area contributed by atoms with E-state index < -0.39 is 0 Å². The summed E-state index contributed by atoms with van der Waals surface area (Å²) in [5.41, 5.74) is 6.45. The van der Waals surface area contributed by atoms with Gasteiger partial charge in [-0.15, -0.1) is 11.8 Å². The van der Waals surface area contributed by atoms with Crippen LogP contribution in [0.25, 0.3) is 0 Å². The van der Waals surface area contributed by atoms with Gasteiger partial charge in [0.25, 0.3) is 0 Å². The van der Waals surface area contributed by atoms with Crippen molar-refractivity contribution in [2.24, 2.45) is 0 Å². The third kappa shape index (κ3) is 4.53. The normalized spacial score (nSPS) is 11.6. The predicted molar refractivity (Wildman–Crippen MR) is 64.5 cm³/mol. The molecule has 1 rings (SSSR count). The van der Waals surface area contributed by atoms with E-state index in [2.05, 4.69) is 33.3 Å². The fraction of sp³-hybridized carbons (Fsp3) is 0.455. The minimum atomic E-state index is 0.834. The van der Waals surface area contributed by atoms with Gasteiger partial charge in [0.1, 0.15) is 0 Å². The first-order chi connectivity index (χ1) is 6.47. The molecule has 0 saturated carbocycles. The lowest BCUT2D eigenvalue weighted by Crippen LogP contribution is -2.36. The maximum Gasteiger partial charge on any atom is 0.0875 e. The zero-order chi connectivity index (χ0) is 10.6. The summed E-state index contributed by atoms with van der Waals surface area (Å²) >= 11 is 1.88. The molecule has 3 heteroatoms. The first-order valence-corrected chi connectivity index (χ1v) is 5.75. The molecule has 14 heavy (non-hydrogen) atoms. The Kier molecular flexibility index (Phi) is 3.84. The van der Waals surface area contributed by atoms with Gasteiger partial charge in [-0.25, -0.2) is 0 Å². The average molecular weight is 211 g/mol. The first-order valence-electron chi connectivity index (χ1n) is 4.76. The zero-order valence-electron chi connectivity index (χ0n) is 9.16. The van der Waals surface area contributed by atoms with E-state index >= 15 is 0 Å². The number of nitrogens with two attached hydrogens (primary N) is 1. The van der Waals surface area contributed by atoms with Crippen LogP contribution < -0.4 is 5.73 Å². The number of nitrogens with zero attached hydrogens (tertiary/aromatic N) is 1. The molecule has 0 bridgehead atoms. The molecule has 0 amide bonds. The van der Waals surface area contributed by atoms with Crippen LogP contribution in [0.2, 0.25) is 0 Å². The quantitative estimate of drug-likeness (QED) is 0.469. The summed E-state index contributed by atoms with van der Waals surface area (Å²) < 4.78 is 1.02. The fourth-order valence-corrected chi connectivity index (χ4v) is 2.20. The highest BCUT2D eigenvalue weighted by atomic mass is 32.2. The number of hydrogen-bond acceptors (Lipinski definition) is 2. The Morgan fingerprint density at radius 2 is 1.71 bits per heavy atom. The highest BCUT2D eigenvalue weighted by molar-refractivity contribution is 7.99. The van der Waals surface area contributed by atoms with Crippen molar-refractivity contribution in [1.82, 2.24) is 0 Å². The fourth-order valence-electron chi connectivity index (χ4n) is 1.00. The van der Waals surface area contributed by atoms with Gasteiger partial charge in [0, 0.05) is 16.3 Å². The predicted octanol–water partition coefficient (Wildman–Crippen LogP) is 2.07. The smallest absolute Gasteiger partial charge is 0.0875 e. The number of benzene rings is 1. The molecule has 1 aromatic carbocycles. The van der Waals surface area contributed by atoms with Crippen LogP contribution in [0.4, 0.5) is 5.69 Å². The third-order valence-corrected chi connectivity index (χ3v) is 2.90. The Balaban J connectivity index is 2.35. The van der Waals surface area contributed by atoms with Crippen LogP contribution in [0.15, 0.2) is 29.2 Å². The molecule has 0 unspecified atom stereocenters. The molecule has 2 N–H and O–H groups in total. The molecule has 0 spiro atoms. The van der Waals surface area contributed by atoms with Gasteiger partial charge in [-0.05, 0) is 24.3 Å². The van der Waals surface area contributed by atoms with Crippen LogP contribution >= 0.6 is 11.8 Å². The molecule has 1 aromatic rings. The summed E-state index contributed by atoms with van der Waals surface area (Å²) in [6.07, 6.45) is 0. The van der Waals surface area contributed by atoms with Gasteiger partial charge in [0.05, 0.1) is 27.7 Å². The minimum Gasteiger partial charge on any atom is -0.399 e. The molecule has 78 valence electrons. The number of quaternary nitrogens is 1. The number of rotatable bonds is 4. The third-order valence-electron chi connectivity index (χ3n) is 1.91. The second-order valence-electron chi connectivity index (χ2n) is 4.43. The zero-order valence-corrected chi connectivity index (χ0v) is 9.97. The largest absolute Gasteiger partial charge is 0.399 e. The van der Waals surface area contributed by atoms with E-state index in [1.54, 1.807) is 0 Å². The lowest BCUT2D eigenvalue weighted by molar-refractivity contribution is -0.867. The van der Waals surface area contributed by atoms with Crippen molar-refractivity contribution in [3.8, 4) is 0 Å². The van der Waals surface area contributed by atoms with Crippen molar-refractivity contribution < 1.29 is 4.48 Å². The van der Waals surface area contributed by atoms with E-state index in [0.29, 0.717) is 0 Å². The lowest BCUT2D eigenvalue weighted by Gasteiger charge is -2.23. The van der Waals surface area contributed by atoms with Crippen LogP contribution in [0.1, 0.15) is 0 Å². The number of thioether (sulfide) groups is 1. The summed E-state index contributed by atoms with van der Waals surface area (Å²) in [6, 6.07) is 8.06. The Hall–Kier alpha value is -0.670. The molecule has 0 aliphatic heterocycles. The average Bonchev–Trinajstić information content (AvgIpc) is 2.06. The monoisotopic (exact) mass is 211 g/mol. The van der Waals surface area contributed by atoms with Crippen LogP contribution in [0.3, 0.4) is 0 Å². The second-order valence-corrected chi connectivity index (χ2v) is 5.60. The number of anilines is 1. The van der Waals surface area contributed by atoms with Gasteiger partial charge in [0.15, 0.2) is 0 Å². The molecule has 0 heterocycles. The highest BCUT2D eigenvalue weighted by Crippen LogP contribution is 2.19. The number of nitrogen functional groups attached to an aromatic ring is 1. The summed E-state index contributed by atoms with van der Waals surface area (Å²) in [5.74, 6) is 1.15. The second kappa shape index (κ2) is 4.71. The molecule has 0 fully saturated rings. The van der Waals surface area contributed by atoms with Gasteiger partial charge in [-0.3, -0.25) is 0 Å². The van der Waals surface area contributed by atoms with E-state index in [1.807, 2.05) is 23.9 Å². The molecule has 0 aliphatic rings. The first kappa shape index (κ1) is 11.4. The Labute approximate surface area is 90.7 Å². The molecule has 0 aromatic heterocycles. The molecular formula is C11H19N2S+. The van der Waals surface area contributed by atoms with E-state index in [9.17, 15) is 0 Å². The highest BCUT2D eigenvalue weighted by Gasteiger charge is 2.05. The molecule has 2 nitrogen and oxygen atoms in total. The van der Waals surface area contributed by atoms with Crippen molar-refractivity contribution in [3.63, 3.8) is 0 Å². The van der Waals surface area contributed by atoms with Crippen LogP contribution in [0, 0.1) is 0 Å². The van der Waals surface area contributed by atoms with Crippen LogP contribution in [-0.2, 0) is 0 Å². The summed E-state index contributed by atoms with van der Waals surface area (Å²) in [6.45, 7) is 1.18. The summed E-state index contributed by atoms with van der Waals surface area (Å²) in [5, 5.41) is 0. The van der Waals surface area contributed by atoms with Crippen molar-refractivity contribution in [2.75, 3.05) is 39.2 Å². The minimum absolute atomic E-state index is 0.834. The van der Waals surface area contributed by atoms with Crippen molar-refractivity contribution in [1.29, 1.82) is 0 Å². The summed E-state index contributed by atoms with van der Waals surface area (Å²) in [4.78, 5) is 1.30. The molecular weight excluding hydrogens is 192 g/mol. The maximum absolute atomic E-state index is 5.61. The summed E-state index contributed by atoms with van der Waals surface area (Å²) in [7, 11) is 6.64. The van der Waals surface area contributed by atoms with Crippen molar-refractivity contribution in [2.45, 2.75) is 4.90 Å². The Bertz CT molecular complexity index is 274. The standard InChI is InChI=1S/C11H19N2S/c1-13(2,3)8-9-14-11-6-4-10(12)5-7-11/h4-7H,8-9,12H2,1-3H3/q+1. The van der Waals surface area contributed by atoms with Crippen molar-refractivity contribution in [3.05, 3.63) is 24.3 Å². The van der Waals surface area contributed by atoms with Gasteiger partial charge in [0.2, 0.25) is 0 Å². The van der Waals surface area contributed by atoms with Crippen LogP contribution in [-0.4, -0.2) is 37.9 Å². The van der Waals surface area contributed by atoms with Gasteiger partial charge in [-0.1, -0.05) is 0 Å². The number of hydrogen-bond donors (Lipinski definition) is 1. The Morgan fingerprint density at radius 3 is 2.21 bits per heavy atom. The van der Waals surface area contributed by atoms with E-state index in [-0.39, 0.29) is 0 Å². The van der Waals surface area contributed by atoms with Crippen LogP contribution in [0.5, 0.6) is 0 Å². The van der Waals surface area contributed by atoms with Gasteiger partial charge < -0.3 is 10.2 Å². The maximum atomic E-state index is 5.61. The van der Waals surface area contributed by atoms with E-state index in [4.69, 9.17) is 5.73 Å². The Morgan fingerprint density at radius 1 is 1.14 bits per heavy atom. The lowest BCUT2D eigenvalue weighted by atomic mass is 10.3. The molecule has 0 aliphatic carbocycles. The van der Waals surface area contributed by atoms with E-state index in [0.717, 1.165) is 15.9 Å². The molecule has 0 saturated heterocycles. The topological polar surface area (TPSA) is 26.0 Å². The van der Waals surface area contributed by atoms with Gasteiger partial charge >= 0.3 is 0 Å². The van der Waals surface area contributed by atoms with Crippen molar-refractivity contribution >= 4 is 17.4 Å². The SMILES string of the molecule is C[N+](C)(C)CCSc1ccc(N)cc1. The van der Waals surface area contributed by atoms with Gasteiger partial charge in [-0.2, -0.15) is 0 Å². The molecule has 0 radical (unpaired) electrons.